The Hall–Kier alpha value is -4.30. The number of benzene rings is 1. The number of carbonyl (C=O) groups is 1. The zero-order valence-corrected chi connectivity index (χ0v) is 24.1. The third kappa shape index (κ3) is 5.04. The average Bonchev–Trinajstić information content (AvgIpc) is 3.00. The molecule has 210 valence electrons. The lowest BCUT2D eigenvalue weighted by Gasteiger charge is -2.40. The molecule has 1 fully saturated rings. The van der Waals surface area contributed by atoms with Gasteiger partial charge in [-0.15, -0.1) is 0 Å². The van der Waals surface area contributed by atoms with E-state index in [1.165, 1.54) is 15.5 Å². The monoisotopic (exact) mass is 572 g/mol. The van der Waals surface area contributed by atoms with Crippen LogP contribution < -0.4 is 10.6 Å². The van der Waals surface area contributed by atoms with Gasteiger partial charge in [-0.1, -0.05) is 68.9 Å². The van der Waals surface area contributed by atoms with Crippen molar-refractivity contribution < 1.29 is 10.3 Å². The Bertz CT molecular complexity index is 1920. The Morgan fingerprint density at radius 2 is 2.05 bits per heavy atom. The van der Waals surface area contributed by atoms with Gasteiger partial charge in [0.1, 0.15) is 5.82 Å². The Morgan fingerprint density at radius 1 is 1.24 bits per heavy atom. The quantitative estimate of drug-likeness (QED) is 0.272. The molecular weight excluding hydrogens is 536 g/mol. The van der Waals surface area contributed by atoms with Gasteiger partial charge in [-0.25, -0.2) is 14.3 Å². The zero-order valence-electron chi connectivity index (χ0n) is 27.3. The van der Waals surface area contributed by atoms with Gasteiger partial charge in [0.25, 0.3) is 0 Å². The number of halogens is 1. The molecule has 5 rings (SSSR count). The minimum Gasteiger partial charge on any atom is -0.350 e. The summed E-state index contributed by atoms with van der Waals surface area (Å²) >= 11 is 6.94. The number of aromatic nitrogens is 4. The van der Waals surface area contributed by atoms with E-state index in [0.29, 0.717) is 56.6 Å². The van der Waals surface area contributed by atoms with E-state index in [4.69, 9.17) is 22.1 Å². The van der Waals surface area contributed by atoms with Crippen molar-refractivity contribution in [3.05, 3.63) is 94.1 Å². The number of anilines is 1. The van der Waals surface area contributed by atoms with Crippen molar-refractivity contribution in [2.24, 2.45) is 0 Å². The minimum absolute atomic E-state index is 0.0166. The SMILES string of the molecule is [2H]C=C([2H])C(=O)N1CCN(c2nc(=O)n(-c3c(C)ccnc3C(C)C)c3nc(-c4ccccc4C=C([2H])[2H])c(Cl)cc23)[C@@H](C)C1. The van der Waals surface area contributed by atoms with Crippen LogP contribution in [0.25, 0.3) is 34.1 Å². The number of piperazine rings is 1. The molecule has 4 aromatic rings. The number of hydrogen-bond donors (Lipinski definition) is 0. The highest BCUT2D eigenvalue weighted by atomic mass is 35.5. The predicted octanol–water partition coefficient (Wildman–Crippen LogP) is 5.79. The van der Waals surface area contributed by atoms with E-state index in [1.54, 1.807) is 30.5 Å². The maximum absolute atomic E-state index is 14.1. The van der Waals surface area contributed by atoms with Crippen molar-refractivity contribution in [3.63, 3.8) is 0 Å². The Kier molecular flexibility index (Phi) is 6.45. The number of fused-ring (bicyclic) bond motifs is 1. The molecule has 1 aliphatic heterocycles. The number of hydrogen-bond acceptors (Lipinski definition) is 6. The third-order valence-corrected chi connectivity index (χ3v) is 7.70. The molecule has 0 aliphatic carbocycles. The molecule has 4 heterocycles. The predicted molar refractivity (Wildman–Crippen MR) is 166 cm³/mol. The standard InChI is InChI=1S/C32H33ClN6O2/c1-7-22-11-9-10-12-23(22)28-25(33)17-24-30(38-16-15-37(18-21(38)6)26(40)8-2)36-32(41)39(31(24)35-28)29-20(5)13-14-34-27(29)19(3)4/h7-14,17,19,21H,1-2,15-16,18H2,3-6H3/t21-/m0/s1/i1D2,2D,8D. The van der Waals surface area contributed by atoms with Gasteiger partial charge >= 0.3 is 5.69 Å². The summed E-state index contributed by atoms with van der Waals surface area (Å²) in [6.45, 7) is 9.02. The molecule has 1 atom stereocenters. The van der Waals surface area contributed by atoms with Crippen LogP contribution in [0.1, 0.15) is 49.0 Å². The Balaban J connectivity index is 1.79. The van der Waals surface area contributed by atoms with Gasteiger partial charge < -0.3 is 9.80 Å². The summed E-state index contributed by atoms with van der Waals surface area (Å²) < 4.78 is 32.0. The summed E-state index contributed by atoms with van der Waals surface area (Å²) in [6, 6.07) is 10.1. The Morgan fingerprint density at radius 3 is 2.78 bits per heavy atom. The van der Waals surface area contributed by atoms with Crippen molar-refractivity contribution in [1.82, 2.24) is 24.4 Å². The number of nitrogens with zero attached hydrogens (tertiary/aromatic N) is 6. The fourth-order valence-electron chi connectivity index (χ4n) is 5.39. The fraction of sp³-hybridized carbons (Fsp3) is 0.281. The second-order valence-corrected chi connectivity index (χ2v) is 10.8. The summed E-state index contributed by atoms with van der Waals surface area (Å²) in [5, 5.41) is 0.816. The molecule has 0 N–H and O–H groups in total. The molecule has 9 heteroatoms. The van der Waals surface area contributed by atoms with Gasteiger partial charge in [-0.05, 0) is 49.1 Å². The lowest BCUT2D eigenvalue weighted by Crippen LogP contribution is -2.54. The molecule has 0 saturated carbocycles. The molecule has 1 amide bonds. The average molecular weight is 573 g/mol. The van der Waals surface area contributed by atoms with Crippen LogP contribution >= 0.6 is 11.6 Å². The summed E-state index contributed by atoms with van der Waals surface area (Å²) in [6.07, 6.45) is 3.12. The number of aryl methyl sites for hydroxylation is 1. The summed E-state index contributed by atoms with van der Waals surface area (Å²) in [4.78, 5) is 44.4. The zero-order chi connectivity index (χ0) is 32.6. The van der Waals surface area contributed by atoms with E-state index in [9.17, 15) is 9.59 Å². The molecule has 0 bridgehead atoms. The van der Waals surface area contributed by atoms with Crippen LogP contribution in [0.3, 0.4) is 0 Å². The van der Waals surface area contributed by atoms with Gasteiger partial charge in [-0.3, -0.25) is 9.78 Å². The summed E-state index contributed by atoms with van der Waals surface area (Å²) in [7, 11) is 0. The largest absolute Gasteiger partial charge is 0.355 e. The van der Waals surface area contributed by atoms with Crippen LogP contribution in [0.15, 0.2) is 66.5 Å². The number of carbonyl (C=O) groups excluding carboxylic acids is 1. The topological polar surface area (TPSA) is 84.2 Å². The van der Waals surface area contributed by atoms with Crippen LogP contribution in [0.4, 0.5) is 5.82 Å². The molecular formula is C32H33ClN6O2. The highest BCUT2D eigenvalue weighted by Crippen LogP contribution is 2.36. The first-order valence-electron chi connectivity index (χ1n) is 15.4. The lowest BCUT2D eigenvalue weighted by molar-refractivity contribution is -0.126. The van der Waals surface area contributed by atoms with E-state index in [-0.39, 0.29) is 31.6 Å². The molecule has 0 radical (unpaired) electrons. The van der Waals surface area contributed by atoms with Gasteiger partial charge in [0.2, 0.25) is 5.91 Å². The van der Waals surface area contributed by atoms with E-state index < -0.39 is 17.6 Å². The second kappa shape index (κ2) is 11.3. The molecule has 1 aliphatic rings. The first-order valence-corrected chi connectivity index (χ1v) is 13.7. The highest BCUT2D eigenvalue weighted by Gasteiger charge is 2.30. The maximum Gasteiger partial charge on any atom is 0.355 e. The van der Waals surface area contributed by atoms with E-state index in [2.05, 4.69) is 9.97 Å². The van der Waals surface area contributed by atoms with E-state index >= 15 is 0 Å². The summed E-state index contributed by atoms with van der Waals surface area (Å²) in [5.41, 5.74) is 3.43. The van der Waals surface area contributed by atoms with Crippen molar-refractivity contribution in [1.29, 1.82) is 0 Å². The third-order valence-electron chi connectivity index (χ3n) is 7.41. The van der Waals surface area contributed by atoms with Crippen LogP contribution in [0.5, 0.6) is 0 Å². The van der Waals surface area contributed by atoms with Crippen molar-refractivity contribution in [3.8, 4) is 16.9 Å². The van der Waals surface area contributed by atoms with Crippen molar-refractivity contribution in [2.75, 3.05) is 24.5 Å². The first kappa shape index (κ1) is 23.4. The molecule has 1 saturated heterocycles. The molecule has 41 heavy (non-hydrogen) atoms. The van der Waals surface area contributed by atoms with Crippen molar-refractivity contribution in [2.45, 2.75) is 39.7 Å². The van der Waals surface area contributed by atoms with Gasteiger partial charge in [0, 0.05) is 37.4 Å². The summed E-state index contributed by atoms with van der Waals surface area (Å²) in [5.74, 6) is -0.171. The van der Waals surface area contributed by atoms with Crippen LogP contribution in [0, 0.1) is 6.92 Å². The number of pyridine rings is 2. The molecule has 8 nitrogen and oxygen atoms in total. The molecule has 0 unspecified atom stereocenters. The van der Waals surface area contributed by atoms with E-state index in [0.717, 1.165) is 12.1 Å². The second-order valence-electron chi connectivity index (χ2n) is 10.4. The molecule has 3 aromatic heterocycles. The molecule has 0 spiro atoms. The lowest BCUT2D eigenvalue weighted by atomic mass is 10.0. The first-order chi connectivity index (χ1) is 21.4. The number of amides is 1. The van der Waals surface area contributed by atoms with Gasteiger partial charge in [0.15, 0.2) is 5.65 Å². The van der Waals surface area contributed by atoms with Gasteiger partial charge in [0.05, 0.1) is 33.0 Å². The Labute approximate surface area is 250 Å². The van der Waals surface area contributed by atoms with Crippen molar-refractivity contribution >= 4 is 40.4 Å². The molecule has 1 aromatic carbocycles. The van der Waals surface area contributed by atoms with E-state index in [1.807, 2.05) is 44.7 Å². The van der Waals surface area contributed by atoms with Crippen LogP contribution in [-0.4, -0.2) is 56.0 Å². The van der Waals surface area contributed by atoms with Crippen LogP contribution in [0.2, 0.25) is 5.02 Å². The number of rotatable bonds is 6. The van der Waals surface area contributed by atoms with Gasteiger partial charge in [-0.2, -0.15) is 4.98 Å². The highest BCUT2D eigenvalue weighted by molar-refractivity contribution is 6.34. The maximum atomic E-state index is 14.1. The normalized spacial score (nSPS) is 17.2. The smallest absolute Gasteiger partial charge is 0.350 e. The fourth-order valence-corrected chi connectivity index (χ4v) is 5.64. The van der Waals surface area contributed by atoms with Crippen LogP contribution in [-0.2, 0) is 4.79 Å². The minimum atomic E-state index is -0.555.